The Kier molecular flexibility index (Phi) is 5.86. The molecule has 0 radical (unpaired) electrons. The van der Waals surface area contributed by atoms with Crippen LogP contribution in [0.25, 0.3) is 12.2 Å². The summed E-state index contributed by atoms with van der Waals surface area (Å²) in [7, 11) is 0. The molecule has 80 valence electrons. The molecular formula is C12H16N2O. The molecule has 0 saturated heterocycles. The van der Waals surface area contributed by atoms with E-state index in [1.54, 1.807) is 12.2 Å². The molecule has 0 atom stereocenters. The number of Topliss-reactive ketones (excluding diaryl/α,β-unsaturated/α-hetero) is 1. The molecule has 0 aliphatic rings. The molecule has 15 heavy (non-hydrogen) atoms. The number of hydrogen-bond acceptors (Lipinski definition) is 3. The molecule has 0 aliphatic carbocycles. The van der Waals surface area contributed by atoms with E-state index in [1.807, 2.05) is 13.8 Å². The number of hydrogen-bond donors (Lipinski definition) is 0. The fourth-order valence-electron chi connectivity index (χ4n) is 0.890. The summed E-state index contributed by atoms with van der Waals surface area (Å²) in [6.07, 6.45) is 4.57. The molecule has 1 rings (SSSR count). The molecule has 0 saturated carbocycles. The molecule has 3 nitrogen and oxygen atoms in total. The molecule has 0 fully saturated rings. The highest BCUT2D eigenvalue weighted by Gasteiger charge is 2.04. The maximum atomic E-state index is 11.0. The van der Waals surface area contributed by atoms with Gasteiger partial charge in [0.05, 0.1) is 17.6 Å². The lowest BCUT2D eigenvalue weighted by Crippen LogP contribution is -2.01. The van der Waals surface area contributed by atoms with Crippen LogP contribution in [0.3, 0.4) is 0 Å². The van der Waals surface area contributed by atoms with Crippen molar-refractivity contribution in [2.45, 2.75) is 20.8 Å². The number of rotatable bonds is 3. The third-order valence-corrected chi connectivity index (χ3v) is 1.58. The fraction of sp³-hybridized carbons (Fsp3) is 0.250. The van der Waals surface area contributed by atoms with Crippen molar-refractivity contribution in [1.82, 2.24) is 9.97 Å². The van der Waals surface area contributed by atoms with Gasteiger partial charge < -0.3 is 0 Å². The molecule has 0 bridgehead atoms. The Balaban J connectivity index is 0.000000921. The van der Waals surface area contributed by atoms with Crippen molar-refractivity contribution >= 4 is 17.9 Å². The van der Waals surface area contributed by atoms with E-state index >= 15 is 0 Å². The van der Waals surface area contributed by atoms with E-state index in [2.05, 4.69) is 23.1 Å². The van der Waals surface area contributed by atoms with Gasteiger partial charge in [-0.3, -0.25) is 9.78 Å². The summed E-state index contributed by atoms with van der Waals surface area (Å²) in [5.41, 5.74) is 1.57. The molecule has 0 N–H and O–H groups in total. The maximum absolute atomic E-state index is 11.0. The van der Waals surface area contributed by atoms with Gasteiger partial charge in [0.25, 0.3) is 0 Å². The first-order valence-electron chi connectivity index (χ1n) is 4.82. The van der Waals surface area contributed by atoms with Crippen molar-refractivity contribution in [2.75, 3.05) is 0 Å². The first-order valence-corrected chi connectivity index (χ1v) is 4.82. The molecule has 0 spiro atoms. The van der Waals surface area contributed by atoms with Crippen LogP contribution in [-0.2, 0) is 0 Å². The highest BCUT2D eigenvalue weighted by atomic mass is 16.1. The van der Waals surface area contributed by atoms with Gasteiger partial charge in [-0.15, -0.1) is 0 Å². The smallest absolute Gasteiger partial charge is 0.179 e. The Hall–Kier alpha value is -1.77. The van der Waals surface area contributed by atoms with E-state index in [4.69, 9.17) is 0 Å². The maximum Gasteiger partial charge on any atom is 0.179 e. The molecule has 0 unspecified atom stereocenters. The second kappa shape index (κ2) is 6.65. The predicted octanol–water partition coefficient (Wildman–Crippen LogP) is 2.99. The first-order chi connectivity index (χ1) is 7.19. The van der Waals surface area contributed by atoms with Gasteiger partial charge >= 0.3 is 0 Å². The van der Waals surface area contributed by atoms with E-state index in [-0.39, 0.29) is 5.78 Å². The molecule has 1 aromatic rings. The SMILES string of the molecule is C=Cc1ncc(C(C)=O)nc1C=C.CC. The molecular weight excluding hydrogens is 188 g/mol. The lowest BCUT2D eigenvalue weighted by Gasteiger charge is -2.00. The zero-order valence-electron chi connectivity index (χ0n) is 9.45. The largest absolute Gasteiger partial charge is 0.293 e. The fourth-order valence-corrected chi connectivity index (χ4v) is 0.890. The van der Waals surface area contributed by atoms with Gasteiger partial charge in [0, 0.05) is 6.92 Å². The topological polar surface area (TPSA) is 42.9 Å². The summed E-state index contributed by atoms with van der Waals surface area (Å²) >= 11 is 0. The van der Waals surface area contributed by atoms with Crippen molar-refractivity contribution < 1.29 is 4.79 Å². The second-order valence-electron chi connectivity index (χ2n) is 2.49. The average Bonchev–Trinajstić information content (AvgIpc) is 2.30. The minimum absolute atomic E-state index is 0.105. The minimum atomic E-state index is -0.105. The van der Waals surface area contributed by atoms with Crippen LogP contribution < -0.4 is 0 Å². The monoisotopic (exact) mass is 204 g/mol. The summed E-state index contributed by atoms with van der Waals surface area (Å²) in [4.78, 5) is 19.0. The standard InChI is InChI=1S/C10H10N2O.C2H6/c1-4-8-9(5-2)12-10(6-11-8)7(3)13;1-2/h4-6H,1-2H2,3H3;1-2H3. The highest BCUT2D eigenvalue weighted by Crippen LogP contribution is 2.07. The lowest BCUT2D eigenvalue weighted by atomic mass is 10.2. The van der Waals surface area contributed by atoms with Crippen LogP contribution in [0.1, 0.15) is 42.6 Å². The van der Waals surface area contributed by atoms with Gasteiger partial charge in [0.2, 0.25) is 0 Å². The van der Waals surface area contributed by atoms with Crippen LogP contribution in [0, 0.1) is 0 Å². The van der Waals surface area contributed by atoms with Gasteiger partial charge in [-0.2, -0.15) is 0 Å². The van der Waals surface area contributed by atoms with Crippen molar-refractivity contribution in [1.29, 1.82) is 0 Å². The summed E-state index contributed by atoms with van der Waals surface area (Å²) in [6.45, 7) is 12.6. The van der Waals surface area contributed by atoms with E-state index < -0.39 is 0 Å². The average molecular weight is 204 g/mol. The van der Waals surface area contributed by atoms with Crippen LogP contribution in [0.5, 0.6) is 0 Å². The van der Waals surface area contributed by atoms with Crippen LogP contribution in [0.2, 0.25) is 0 Å². The van der Waals surface area contributed by atoms with Crippen molar-refractivity contribution in [3.05, 3.63) is 36.4 Å². The molecule has 0 aliphatic heterocycles. The van der Waals surface area contributed by atoms with Crippen LogP contribution >= 0.6 is 0 Å². The first kappa shape index (κ1) is 13.2. The molecule has 1 heterocycles. The summed E-state index contributed by atoms with van der Waals surface area (Å²) < 4.78 is 0. The van der Waals surface area contributed by atoms with Crippen LogP contribution in [-0.4, -0.2) is 15.8 Å². The molecule has 0 amide bonds. The summed E-state index contributed by atoms with van der Waals surface area (Å²) in [5.74, 6) is -0.105. The Morgan fingerprint density at radius 1 is 1.27 bits per heavy atom. The normalized spacial score (nSPS) is 8.47. The second-order valence-corrected chi connectivity index (χ2v) is 2.49. The van der Waals surface area contributed by atoms with Gasteiger partial charge in [0.1, 0.15) is 5.69 Å². The third-order valence-electron chi connectivity index (χ3n) is 1.58. The Morgan fingerprint density at radius 3 is 2.20 bits per heavy atom. The van der Waals surface area contributed by atoms with Gasteiger partial charge in [0.15, 0.2) is 5.78 Å². The van der Waals surface area contributed by atoms with Crippen LogP contribution in [0.4, 0.5) is 0 Å². The number of nitrogens with zero attached hydrogens (tertiary/aromatic N) is 2. The number of ketones is 1. The summed E-state index contributed by atoms with van der Waals surface area (Å²) in [6, 6.07) is 0. The summed E-state index contributed by atoms with van der Waals surface area (Å²) in [5, 5.41) is 0. The van der Waals surface area contributed by atoms with Gasteiger partial charge in [-0.1, -0.05) is 27.0 Å². The van der Waals surface area contributed by atoms with Crippen LogP contribution in [0.15, 0.2) is 19.4 Å². The Bertz CT molecular complexity index is 370. The molecule has 0 aromatic carbocycles. The Labute approximate surface area is 90.6 Å². The zero-order valence-corrected chi connectivity index (χ0v) is 9.45. The minimum Gasteiger partial charge on any atom is -0.293 e. The van der Waals surface area contributed by atoms with Gasteiger partial charge in [-0.05, 0) is 12.2 Å². The van der Waals surface area contributed by atoms with Gasteiger partial charge in [-0.25, -0.2) is 4.98 Å². The lowest BCUT2D eigenvalue weighted by molar-refractivity contribution is 0.101. The van der Waals surface area contributed by atoms with E-state index in [1.165, 1.54) is 13.1 Å². The van der Waals surface area contributed by atoms with E-state index in [0.29, 0.717) is 17.1 Å². The highest BCUT2D eigenvalue weighted by molar-refractivity contribution is 5.92. The Morgan fingerprint density at radius 2 is 1.80 bits per heavy atom. The number of carbonyl (C=O) groups is 1. The number of aromatic nitrogens is 2. The number of carbonyl (C=O) groups excluding carboxylic acids is 1. The van der Waals surface area contributed by atoms with E-state index in [0.717, 1.165) is 0 Å². The third kappa shape index (κ3) is 3.46. The van der Waals surface area contributed by atoms with E-state index in [9.17, 15) is 4.79 Å². The van der Waals surface area contributed by atoms with Crippen molar-refractivity contribution in [3.63, 3.8) is 0 Å². The zero-order chi connectivity index (χ0) is 11.8. The van der Waals surface area contributed by atoms with Crippen molar-refractivity contribution in [3.8, 4) is 0 Å². The quantitative estimate of drug-likeness (QED) is 0.711. The molecule has 1 aromatic heterocycles. The molecule has 3 heteroatoms. The van der Waals surface area contributed by atoms with Crippen molar-refractivity contribution in [2.24, 2.45) is 0 Å². The predicted molar refractivity (Wildman–Crippen MR) is 63.6 cm³/mol.